The van der Waals surface area contributed by atoms with Gasteiger partial charge in [0, 0.05) is 0 Å². The summed E-state index contributed by atoms with van der Waals surface area (Å²) < 4.78 is 25.7. The van der Waals surface area contributed by atoms with Crippen LogP contribution in [-0.2, 0) is 14.8 Å². The molecule has 0 spiro atoms. The molecule has 0 saturated heterocycles. The Kier molecular flexibility index (Phi) is 4.13. The van der Waals surface area contributed by atoms with E-state index in [9.17, 15) is 13.2 Å². The highest BCUT2D eigenvalue weighted by Crippen LogP contribution is 2.22. The number of benzene rings is 1. The third-order valence-electron chi connectivity index (χ3n) is 2.08. The average molecular weight is 278 g/mol. The molecule has 7 heteroatoms. The van der Waals surface area contributed by atoms with Crippen molar-refractivity contribution < 1.29 is 18.3 Å². The summed E-state index contributed by atoms with van der Waals surface area (Å²) in [6.07, 6.45) is 0. The van der Waals surface area contributed by atoms with Gasteiger partial charge in [0.2, 0.25) is 10.0 Å². The molecule has 2 N–H and O–H groups in total. The van der Waals surface area contributed by atoms with Gasteiger partial charge in [-0.25, -0.2) is 8.42 Å². The molecule has 0 unspecified atom stereocenters. The summed E-state index contributed by atoms with van der Waals surface area (Å²) in [7, 11) is -3.91. The molecular formula is C10H12ClNO4S. The Balaban J connectivity index is 3.10. The standard InChI is InChI=1S/C10H12ClNO4S/c1-6-3-4-9(8(11)5-6)17(15,16)12-7(2)10(13)14/h3-5,7,12H,1-2H3,(H,13,14)/t7-/m0/s1. The average Bonchev–Trinajstić information content (AvgIpc) is 2.15. The fourth-order valence-corrected chi connectivity index (χ4v) is 2.97. The zero-order chi connectivity index (χ0) is 13.2. The van der Waals surface area contributed by atoms with Crippen LogP contribution >= 0.6 is 11.6 Å². The highest BCUT2D eigenvalue weighted by Gasteiger charge is 2.23. The van der Waals surface area contributed by atoms with Crippen molar-refractivity contribution in [3.8, 4) is 0 Å². The number of sulfonamides is 1. The van der Waals surface area contributed by atoms with Crippen molar-refractivity contribution in [2.24, 2.45) is 0 Å². The van der Waals surface area contributed by atoms with Crippen molar-refractivity contribution in [1.82, 2.24) is 4.72 Å². The maximum atomic E-state index is 11.8. The number of carbonyl (C=O) groups is 1. The highest BCUT2D eigenvalue weighted by atomic mass is 35.5. The molecule has 1 aromatic carbocycles. The number of hydrogen-bond donors (Lipinski definition) is 2. The number of aliphatic carboxylic acids is 1. The van der Waals surface area contributed by atoms with Crippen LogP contribution in [0, 0.1) is 6.92 Å². The van der Waals surface area contributed by atoms with Crippen molar-refractivity contribution >= 4 is 27.6 Å². The van der Waals surface area contributed by atoms with Crippen LogP contribution in [-0.4, -0.2) is 25.5 Å². The van der Waals surface area contributed by atoms with Crippen LogP contribution in [0.15, 0.2) is 23.1 Å². The first kappa shape index (κ1) is 14.0. The molecule has 0 bridgehead atoms. The van der Waals surface area contributed by atoms with Crippen molar-refractivity contribution in [3.63, 3.8) is 0 Å². The molecule has 0 heterocycles. The third-order valence-corrected chi connectivity index (χ3v) is 4.10. The normalized spacial score (nSPS) is 13.4. The SMILES string of the molecule is Cc1ccc(S(=O)(=O)N[C@@H](C)C(=O)O)c(Cl)c1. The van der Waals surface area contributed by atoms with E-state index >= 15 is 0 Å². The Morgan fingerprint density at radius 3 is 2.53 bits per heavy atom. The van der Waals surface area contributed by atoms with Crippen LogP contribution in [0.3, 0.4) is 0 Å². The Morgan fingerprint density at radius 1 is 1.47 bits per heavy atom. The van der Waals surface area contributed by atoms with Gasteiger partial charge in [0.1, 0.15) is 10.9 Å². The van der Waals surface area contributed by atoms with Crippen molar-refractivity contribution in [1.29, 1.82) is 0 Å². The van der Waals surface area contributed by atoms with Crippen molar-refractivity contribution in [2.75, 3.05) is 0 Å². The summed E-state index contributed by atoms with van der Waals surface area (Å²) in [5.74, 6) is -1.25. The summed E-state index contributed by atoms with van der Waals surface area (Å²) in [4.78, 5) is 10.5. The molecule has 94 valence electrons. The van der Waals surface area contributed by atoms with Gasteiger partial charge in [-0.05, 0) is 31.5 Å². The lowest BCUT2D eigenvalue weighted by atomic mass is 10.2. The van der Waals surface area contributed by atoms with Gasteiger partial charge in [0.25, 0.3) is 0 Å². The number of aryl methyl sites for hydroxylation is 1. The largest absolute Gasteiger partial charge is 0.480 e. The fourth-order valence-electron chi connectivity index (χ4n) is 1.17. The summed E-state index contributed by atoms with van der Waals surface area (Å²) in [5.41, 5.74) is 0.820. The Bertz CT molecular complexity index is 541. The molecule has 0 aliphatic heterocycles. The van der Waals surface area contributed by atoms with Crippen LogP contribution in [0.4, 0.5) is 0 Å². The molecule has 5 nitrogen and oxygen atoms in total. The van der Waals surface area contributed by atoms with Crippen LogP contribution in [0.2, 0.25) is 5.02 Å². The topological polar surface area (TPSA) is 83.5 Å². The van der Waals surface area contributed by atoms with E-state index in [1.807, 2.05) is 4.72 Å². The van der Waals surface area contributed by atoms with E-state index in [2.05, 4.69) is 0 Å². The Morgan fingerprint density at radius 2 is 2.06 bits per heavy atom. The lowest BCUT2D eigenvalue weighted by Gasteiger charge is -2.11. The molecular weight excluding hydrogens is 266 g/mol. The molecule has 0 aromatic heterocycles. The predicted octanol–water partition coefficient (Wildman–Crippen LogP) is 1.40. The van der Waals surface area contributed by atoms with E-state index in [4.69, 9.17) is 16.7 Å². The van der Waals surface area contributed by atoms with E-state index in [0.717, 1.165) is 5.56 Å². The smallest absolute Gasteiger partial charge is 0.321 e. The monoisotopic (exact) mass is 277 g/mol. The molecule has 0 aliphatic rings. The van der Waals surface area contributed by atoms with Crippen LogP contribution < -0.4 is 4.72 Å². The van der Waals surface area contributed by atoms with Crippen molar-refractivity contribution in [2.45, 2.75) is 24.8 Å². The van der Waals surface area contributed by atoms with Gasteiger partial charge < -0.3 is 5.11 Å². The molecule has 0 aliphatic carbocycles. The fraction of sp³-hybridized carbons (Fsp3) is 0.300. The minimum absolute atomic E-state index is 0.0649. The van der Waals surface area contributed by atoms with Crippen molar-refractivity contribution in [3.05, 3.63) is 28.8 Å². The number of halogens is 1. The Hall–Kier alpha value is -1.11. The number of rotatable bonds is 4. The lowest BCUT2D eigenvalue weighted by Crippen LogP contribution is -2.38. The number of hydrogen-bond acceptors (Lipinski definition) is 3. The van der Waals surface area contributed by atoms with E-state index < -0.39 is 22.0 Å². The molecule has 0 radical (unpaired) electrons. The first-order chi connectivity index (χ1) is 7.74. The number of carboxylic acid groups (broad SMARTS) is 1. The van der Waals surface area contributed by atoms with E-state index in [1.165, 1.54) is 19.1 Å². The second-order valence-electron chi connectivity index (χ2n) is 3.62. The van der Waals surface area contributed by atoms with E-state index in [1.54, 1.807) is 13.0 Å². The maximum Gasteiger partial charge on any atom is 0.321 e. The molecule has 1 aromatic rings. The number of carboxylic acids is 1. The van der Waals surface area contributed by atoms with Gasteiger partial charge in [-0.1, -0.05) is 17.7 Å². The third kappa shape index (κ3) is 3.42. The quantitative estimate of drug-likeness (QED) is 0.871. The van der Waals surface area contributed by atoms with Crippen LogP contribution in [0.5, 0.6) is 0 Å². The van der Waals surface area contributed by atoms with Crippen LogP contribution in [0.1, 0.15) is 12.5 Å². The zero-order valence-corrected chi connectivity index (χ0v) is 10.8. The first-order valence-electron chi connectivity index (χ1n) is 4.75. The summed E-state index contributed by atoms with van der Waals surface area (Å²) in [5, 5.41) is 8.71. The molecule has 0 saturated carbocycles. The van der Waals surface area contributed by atoms with Gasteiger partial charge in [-0.15, -0.1) is 0 Å². The molecule has 0 amide bonds. The lowest BCUT2D eigenvalue weighted by molar-refractivity contribution is -0.138. The van der Waals surface area contributed by atoms with Gasteiger partial charge in [-0.2, -0.15) is 4.72 Å². The van der Waals surface area contributed by atoms with Crippen LogP contribution in [0.25, 0.3) is 0 Å². The van der Waals surface area contributed by atoms with Gasteiger partial charge in [-0.3, -0.25) is 4.79 Å². The molecule has 0 fully saturated rings. The number of nitrogens with one attached hydrogen (secondary N) is 1. The first-order valence-corrected chi connectivity index (χ1v) is 6.61. The second kappa shape index (κ2) is 5.03. The Labute approximate surface area is 104 Å². The summed E-state index contributed by atoms with van der Waals surface area (Å²) >= 11 is 5.81. The van der Waals surface area contributed by atoms with E-state index in [-0.39, 0.29) is 9.92 Å². The zero-order valence-electron chi connectivity index (χ0n) is 9.27. The molecule has 1 atom stereocenters. The second-order valence-corrected chi connectivity index (χ2v) is 5.70. The predicted molar refractivity (Wildman–Crippen MR) is 63.6 cm³/mol. The molecule has 1 rings (SSSR count). The molecule has 17 heavy (non-hydrogen) atoms. The minimum atomic E-state index is -3.91. The van der Waals surface area contributed by atoms with Gasteiger partial charge in [0.15, 0.2) is 0 Å². The minimum Gasteiger partial charge on any atom is -0.480 e. The van der Waals surface area contributed by atoms with Gasteiger partial charge >= 0.3 is 5.97 Å². The maximum absolute atomic E-state index is 11.8. The summed E-state index contributed by atoms with van der Waals surface area (Å²) in [6.45, 7) is 3.01. The highest BCUT2D eigenvalue weighted by molar-refractivity contribution is 7.89. The summed E-state index contributed by atoms with van der Waals surface area (Å²) in [6, 6.07) is 3.22. The van der Waals surface area contributed by atoms with E-state index in [0.29, 0.717) is 0 Å². The van der Waals surface area contributed by atoms with Gasteiger partial charge in [0.05, 0.1) is 5.02 Å².